The maximum atomic E-state index is 12.3. The number of nitrogens with one attached hydrogen (secondary N) is 1. The third-order valence-electron chi connectivity index (χ3n) is 3.79. The molecule has 24 heavy (non-hydrogen) atoms. The standard InChI is InChI=1S/C19H20N2O3/c1-3-18(24-16-6-4-5-13(2)9-16)19(22)23-12-14-7-8-17-15(10-14)11-20-21-17/h4-11,18H,3,12H2,1-2H3,(H,20,21). The number of aryl methyl sites for hydroxylation is 1. The predicted octanol–water partition coefficient (Wildman–Crippen LogP) is 3.77. The van der Waals surface area contributed by atoms with Crippen molar-refractivity contribution in [3.05, 3.63) is 59.8 Å². The van der Waals surface area contributed by atoms with E-state index in [-0.39, 0.29) is 12.6 Å². The van der Waals surface area contributed by atoms with Crippen molar-refractivity contribution in [2.24, 2.45) is 0 Å². The Morgan fingerprint density at radius 3 is 2.92 bits per heavy atom. The fourth-order valence-electron chi connectivity index (χ4n) is 2.48. The zero-order chi connectivity index (χ0) is 16.9. The molecular weight excluding hydrogens is 304 g/mol. The van der Waals surface area contributed by atoms with Gasteiger partial charge in [0, 0.05) is 5.39 Å². The molecule has 0 fully saturated rings. The third kappa shape index (κ3) is 3.74. The normalized spacial score (nSPS) is 12.1. The molecule has 3 aromatic rings. The Balaban J connectivity index is 1.61. The molecule has 0 saturated heterocycles. The molecule has 1 heterocycles. The minimum atomic E-state index is -0.607. The molecule has 0 aliphatic carbocycles. The lowest BCUT2D eigenvalue weighted by Crippen LogP contribution is -2.28. The minimum absolute atomic E-state index is 0.216. The first-order valence-corrected chi connectivity index (χ1v) is 7.97. The lowest BCUT2D eigenvalue weighted by atomic mass is 10.2. The van der Waals surface area contributed by atoms with Crippen molar-refractivity contribution < 1.29 is 14.3 Å². The molecule has 0 aliphatic rings. The molecule has 1 aromatic heterocycles. The number of hydrogen-bond donors (Lipinski definition) is 1. The molecule has 0 bridgehead atoms. The van der Waals surface area contributed by atoms with Crippen molar-refractivity contribution in [3.8, 4) is 5.75 Å². The predicted molar refractivity (Wildman–Crippen MR) is 91.8 cm³/mol. The first kappa shape index (κ1) is 16.1. The molecular formula is C19H20N2O3. The number of esters is 1. The van der Waals surface area contributed by atoms with E-state index in [2.05, 4.69) is 10.2 Å². The monoisotopic (exact) mass is 324 g/mol. The van der Waals surface area contributed by atoms with Crippen LogP contribution in [0.15, 0.2) is 48.7 Å². The largest absolute Gasteiger partial charge is 0.479 e. The molecule has 1 unspecified atom stereocenters. The summed E-state index contributed by atoms with van der Waals surface area (Å²) >= 11 is 0. The number of carbonyl (C=O) groups is 1. The molecule has 1 N–H and O–H groups in total. The molecule has 124 valence electrons. The number of hydrogen-bond acceptors (Lipinski definition) is 4. The number of rotatable bonds is 6. The van der Waals surface area contributed by atoms with Crippen LogP contribution >= 0.6 is 0 Å². The van der Waals surface area contributed by atoms with Gasteiger partial charge in [-0.25, -0.2) is 4.79 Å². The van der Waals surface area contributed by atoms with Gasteiger partial charge in [0.2, 0.25) is 0 Å². The van der Waals surface area contributed by atoms with E-state index in [1.807, 2.05) is 56.3 Å². The fourth-order valence-corrected chi connectivity index (χ4v) is 2.48. The van der Waals surface area contributed by atoms with Gasteiger partial charge in [-0.15, -0.1) is 0 Å². The summed E-state index contributed by atoms with van der Waals surface area (Å²) < 4.78 is 11.2. The van der Waals surface area contributed by atoms with Crippen LogP contribution in [0.1, 0.15) is 24.5 Å². The van der Waals surface area contributed by atoms with E-state index >= 15 is 0 Å². The fraction of sp³-hybridized carbons (Fsp3) is 0.263. The van der Waals surface area contributed by atoms with Crippen molar-refractivity contribution in [1.82, 2.24) is 10.2 Å². The maximum Gasteiger partial charge on any atom is 0.347 e. The Hall–Kier alpha value is -2.82. The van der Waals surface area contributed by atoms with Gasteiger partial charge in [-0.05, 0) is 48.7 Å². The molecule has 0 radical (unpaired) electrons. The molecule has 1 atom stereocenters. The van der Waals surface area contributed by atoms with Crippen LogP contribution in [0.5, 0.6) is 5.75 Å². The Labute approximate surface area is 140 Å². The second-order valence-electron chi connectivity index (χ2n) is 5.73. The highest BCUT2D eigenvalue weighted by Crippen LogP contribution is 2.17. The summed E-state index contributed by atoms with van der Waals surface area (Å²) in [6.07, 6.45) is 1.69. The summed E-state index contributed by atoms with van der Waals surface area (Å²) in [6, 6.07) is 13.4. The molecule has 5 nitrogen and oxygen atoms in total. The van der Waals surface area contributed by atoms with Crippen molar-refractivity contribution in [2.75, 3.05) is 0 Å². The zero-order valence-corrected chi connectivity index (χ0v) is 13.8. The van der Waals surface area contributed by atoms with E-state index in [1.54, 1.807) is 6.20 Å². The van der Waals surface area contributed by atoms with Crippen molar-refractivity contribution in [1.29, 1.82) is 0 Å². The lowest BCUT2D eigenvalue weighted by Gasteiger charge is -2.17. The smallest absolute Gasteiger partial charge is 0.347 e. The van der Waals surface area contributed by atoms with Crippen molar-refractivity contribution in [3.63, 3.8) is 0 Å². The van der Waals surface area contributed by atoms with Gasteiger partial charge in [-0.1, -0.05) is 25.1 Å². The summed E-state index contributed by atoms with van der Waals surface area (Å²) in [5.41, 5.74) is 2.96. The van der Waals surface area contributed by atoms with E-state index in [4.69, 9.17) is 9.47 Å². The van der Waals surface area contributed by atoms with Gasteiger partial charge in [0.1, 0.15) is 12.4 Å². The highest BCUT2D eigenvalue weighted by molar-refractivity contribution is 5.78. The van der Waals surface area contributed by atoms with Crippen LogP contribution in [0.4, 0.5) is 0 Å². The van der Waals surface area contributed by atoms with Gasteiger partial charge in [-0.3, -0.25) is 5.10 Å². The zero-order valence-electron chi connectivity index (χ0n) is 13.8. The summed E-state index contributed by atoms with van der Waals surface area (Å²) in [5, 5.41) is 7.87. The second-order valence-corrected chi connectivity index (χ2v) is 5.73. The Kier molecular flexibility index (Phi) is 4.79. The van der Waals surface area contributed by atoms with Crippen LogP contribution in [-0.2, 0) is 16.1 Å². The highest BCUT2D eigenvalue weighted by Gasteiger charge is 2.20. The number of aromatic amines is 1. The summed E-state index contributed by atoms with van der Waals surface area (Å²) in [7, 11) is 0. The van der Waals surface area contributed by atoms with Crippen molar-refractivity contribution >= 4 is 16.9 Å². The van der Waals surface area contributed by atoms with Crippen LogP contribution in [0.25, 0.3) is 10.9 Å². The minimum Gasteiger partial charge on any atom is -0.479 e. The van der Waals surface area contributed by atoms with Gasteiger partial charge in [0.15, 0.2) is 6.10 Å². The van der Waals surface area contributed by atoms with E-state index in [1.165, 1.54) is 0 Å². The molecule has 2 aromatic carbocycles. The average molecular weight is 324 g/mol. The van der Waals surface area contributed by atoms with Gasteiger partial charge in [0.25, 0.3) is 0 Å². The molecule has 5 heteroatoms. The summed E-state index contributed by atoms with van der Waals surface area (Å²) in [5.74, 6) is 0.324. The lowest BCUT2D eigenvalue weighted by molar-refractivity contribution is -0.153. The van der Waals surface area contributed by atoms with Crippen LogP contribution in [0.2, 0.25) is 0 Å². The number of benzene rings is 2. The van der Waals surface area contributed by atoms with Crippen molar-refractivity contribution in [2.45, 2.75) is 33.0 Å². The maximum absolute atomic E-state index is 12.3. The number of carbonyl (C=O) groups excluding carboxylic acids is 1. The van der Waals surface area contributed by atoms with Gasteiger partial charge in [0.05, 0.1) is 11.7 Å². The van der Waals surface area contributed by atoms with E-state index < -0.39 is 6.10 Å². The Morgan fingerprint density at radius 1 is 1.25 bits per heavy atom. The third-order valence-corrected chi connectivity index (χ3v) is 3.79. The molecule has 3 rings (SSSR count). The molecule has 0 aliphatic heterocycles. The van der Waals surface area contributed by atoms with Crippen LogP contribution in [0.3, 0.4) is 0 Å². The number of ether oxygens (including phenoxy) is 2. The van der Waals surface area contributed by atoms with E-state index in [0.29, 0.717) is 12.2 Å². The molecule has 0 amide bonds. The van der Waals surface area contributed by atoms with Crippen LogP contribution in [-0.4, -0.2) is 22.3 Å². The molecule has 0 spiro atoms. The Morgan fingerprint density at radius 2 is 2.12 bits per heavy atom. The number of aromatic nitrogens is 2. The number of fused-ring (bicyclic) bond motifs is 1. The summed E-state index contributed by atoms with van der Waals surface area (Å²) in [6.45, 7) is 4.10. The number of H-pyrrole nitrogens is 1. The van der Waals surface area contributed by atoms with Crippen LogP contribution < -0.4 is 4.74 Å². The van der Waals surface area contributed by atoms with Gasteiger partial charge in [-0.2, -0.15) is 5.10 Å². The first-order chi connectivity index (χ1) is 11.7. The Bertz CT molecular complexity index is 841. The second kappa shape index (κ2) is 7.17. The molecule has 0 saturated carbocycles. The van der Waals surface area contributed by atoms with Gasteiger partial charge < -0.3 is 9.47 Å². The quantitative estimate of drug-likeness (QED) is 0.701. The van der Waals surface area contributed by atoms with E-state index in [9.17, 15) is 4.79 Å². The van der Waals surface area contributed by atoms with E-state index in [0.717, 1.165) is 22.0 Å². The topological polar surface area (TPSA) is 64.2 Å². The SMILES string of the molecule is CCC(Oc1cccc(C)c1)C(=O)OCc1ccc2[nH]ncc2c1. The van der Waals surface area contributed by atoms with Gasteiger partial charge >= 0.3 is 5.97 Å². The summed E-state index contributed by atoms with van der Waals surface area (Å²) in [4.78, 5) is 12.3. The number of nitrogens with zero attached hydrogens (tertiary/aromatic N) is 1. The average Bonchev–Trinajstić information content (AvgIpc) is 3.05. The highest BCUT2D eigenvalue weighted by atomic mass is 16.6. The first-order valence-electron chi connectivity index (χ1n) is 7.97. The van der Waals surface area contributed by atoms with Crippen LogP contribution in [0, 0.1) is 6.92 Å².